The molecule has 0 rings (SSSR count). The van der Waals surface area contributed by atoms with Gasteiger partial charge in [-0.05, 0) is 13.3 Å². The summed E-state index contributed by atoms with van der Waals surface area (Å²) in [6.07, 6.45) is 0.830. The summed E-state index contributed by atoms with van der Waals surface area (Å²) in [6, 6.07) is 0. The summed E-state index contributed by atoms with van der Waals surface area (Å²) in [7, 11) is 0. The van der Waals surface area contributed by atoms with Gasteiger partial charge in [-0.1, -0.05) is 12.1 Å². The zero-order chi connectivity index (χ0) is 4.99. The summed E-state index contributed by atoms with van der Waals surface area (Å²) < 4.78 is 0. The molecule has 3 heteroatoms. The van der Waals surface area contributed by atoms with Crippen molar-refractivity contribution in [1.82, 2.24) is 0 Å². The first-order valence-corrected chi connectivity index (χ1v) is 1.98. The fourth-order valence-corrected chi connectivity index (χ4v) is 0.0707. The van der Waals surface area contributed by atoms with Crippen LogP contribution in [0.2, 0.25) is 0 Å². The molecule has 0 saturated heterocycles. The maximum atomic E-state index is 7.92. The first-order chi connectivity index (χ1) is 2.81. The van der Waals surface area contributed by atoms with Crippen LogP contribution in [0.15, 0.2) is 5.16 Å². The van der Waals surface area contributed by atoms with Crippen molar-refractivity contribution in [3.05, 3.63) is 0 Å². The highest BCUT2D eigenvalue weighted by atomic mass is 127. The number of nitrogens with zero attached hydrogens (tertiary/aromatic N) is 1. The lowest BCUT2D eigenvalue weighted by molar-refractivity contribution is 0.317. The van der Waals surface area contributed by atoms with Gasteiger partial charge < -0.3 is 5.21 Å². The summed E-state index contributed by atoms with van der Waals surface area (Å²) in [5.41, 5.74) is 0.773. The van der Waals surface area contributed by atoms with Crippen molar-refractivity contribution in [2.75, 3.05) is 0 Å². The minimum absolute atomic E-state index is 0. The molecule has 1 N–H and O–H groups in total. The zero-order valence-electron chi connectivity index (χ0n) is 4.51. The van der Waals surface area contributed by atoms with Gasteiger partial charge in [-0.3, -0.25) is 0 Å². The topological polar surface area (TPSA) is 32.6 Å². The number of hydrogen-bond acceptors (Lipinski definition) is 2. The molecule has 0 aromatic rings. The molecular formula is C4H10INO. The molecule has 0 aliphatic heterocycles. The summed E-state index contributed by atoms with van der Waals surface area (Å²) in [5.74, 6) is 0. The quantitative estimate of drug-likeness (QED) is 0.308. The van der Waals surface area contributed by atoms with Crippen LogP contribution < -0.4 is 0 Å². The first kappa shape index (κ1) is 10.2. The van der Waals surface area contributed by atoms with E-state index in [1.807, 2.05) is 6.92 Å². The van der Waals surface area contributed by atoms with Crippen LogP contribution in [-0.2, 0) is 0 Å². The highest BCUT2D eigenvalue weighted by Gasteiger charge is 1.77. The Kier molecular flexibility index (Phi) is 9.07. The molecule has 0 aromatic carbocycles. The van der Waals surface area contributed by atoms with E-state index in [1.54, 1.807) is 6.92 Å². The van der Waals surface area contributed by atoms with Gasteiger partial charge in [0.1, 0.15) is 0 Å². The monoisotopic (exact) mass is 215 g/mol. The van der Waals surface area contributed by atoms with Crippen LogP contribution in [0.5, 0.6) is 0 Å². The second-order valence-corrected chi connectivity index (χ2v) is 1.19. The molecule has 0 unspecified atom stereocenters. The number of rotatable bonds is 1. The molecule has 0 spiro atoms. The summed E-state index contributed by atoms with van der Waals surface area (Å²) in [4.78, 5) is 0. The maximum absolute atomic E-state index is 7.92. The average Bonchev–Trinajstić information content (AvgIpc) is 1.65. The second kappa shape index (κ2) is 6.20. The molecule has 0 saturated carbocycles. The number of halogens is 1. The Morgan fingerprint density at radius 1 is 1.71 bits per heavy atom. The van der Waals surface area contributed by atoms with Gasteiger partial charge in [0.2, 0.25) is 0 Å². The predicted molar refractivity (Wildman–Crippen MR) is 40.6 cm³/mol. The highest BCUT2D eigenvalue weighted by molar-refractivity contribution is 14.0. The van der Waals surface area contributed by atoms with Gasteiger partial charge in [-0.15, -0.1) is 24.0 Å². The standard InChI is InChI=1S/C4H9NO.HI/c1-3-4(2)5-6;/h6H,3H2,1-2H3;1H. The van der Waals surface area contributed by atoms with Gasteiger partial charge in [-0.25, -0.2) is 0 Å². The fraction of sp³-hybridized carbons (Fsp3) is 0.750. The molecule has 0 fully saturated rings. The molecule has 0 atom stereocenters. The van der Waals surface area contributed by atoms with E-state index in [4.69, 9.17) is 5.21 Å². The van der Waals surface area contributed by atoms with Gasteiger partial charge >= 0.3 is 0 Å². The second-order valence-electron chi connectivity index (χ2n) is 1.19. The minimum Gasteiger partial charge on any atom is -0.411 e. The third-order valence-corrected chi connectivity index (χ3v) is 0.682. The van der Waals surface area contributed by atoms with E-state index in [0.717, 1.165) is 12.1 Å². The Balaban J connectivity index is 0. The Morgan fingerprint density at radius 2 is 2.14 bits per heavy atom. The molecule has 2 nitrogen and oxygen atoms in total. The van der Waals surface area contributed by atoms with Crippen LogP contribution in [0, 0.1) is 0 Å². The van der Waals surface area contributed by atoms with Gasteiger partial charge in [0.15, 0.2) is 0 Å². The molecule has 0 amide bonds. The van der Waals surface area contributed by atoms with Crippen LogP contribution in [0.1, 0.15) is 20.3 Å². The Hall–Kier alpha value is 0.200. The van der Waals surface area contributed by atoms with Gasteiger partial charge in [0, 0.05) is 0 Å². The number of oxime groups is 1. The lowest BCUT2D eigenvalue weighted by Crippen LogP contribution is -1.83. The minimum atomic E-state index is 0. The molecule has 7 heavy (non-hydrogen) atoms. The summed E-state index contributed by atoms with van der Waals surface area (Å²) >= 11 is 0. The fourth-order valence-electron chi connectivity index (χ4n) is 0.0707. The van der Waals surface area contributed by atoms with E-state index in [2.05, 4.69) is 5.16 Å². The van der Waals surface area contributed by atoms with E-state index in [9.17, 15) is 0 Å². The Labute approximate surface area is 60.6 Å². The SMILES string of the molecule is CCC(C)=NO.I. The maximum Gasteiger partial charge on any atom is 0.0537 e. The van der Waals surface area contributed by atoms with Crippen molar-refractivity contribution in [2.45, 2.75) is 20.3 Å². The Morgan fingerprint density at radius 3 is 2.14 bits per heavy atom. The number of hydrogen-bond donors (Lipinski definition) is 1. The van der Waals surface area contributed by atoms with Gasteiger partial charge in [-0.2, -0.15) is 0 Å². The van der Waals surface area contributed by atoms with E-state index in [1.165, 1.54) is 0 Å². The molecule has 0 aliphatic carbocycles. The van der Waals surface area contributed by atoms with Crippen molar-refractivity contribution < 1.29 is 5.21 Å². The zero-order valence-corrected chi connectivity index (χ0v) is 6.84. The van der Waals surface area contributed by atoms with Crippen LogP contribution >= 0.6 is 24.0 Å². The average molecular weight is 215 g/mol. The normalized spacial score (nSPS) is 10.3. The molecule has 0 bridgehead atoms. The van der Waals surface area contributed by atoms with Crippen LogP contribution in [0.25, 0.3) is 0 Å². The van der Waals surface area contributed by atoms with Crippen LogP contribution in [0.4, 0.5) is 0 Å². The summed E-state index contributed by atoms with van der Waals surface area (Å²) in [6.45, 7) is 3.72. The van der Waals surface area contributed by atoms with Crippen molar-refractivity contribution >= 4 is 29.7 Å². The molecule has 0 heterocycles. The van der Waals surface area contributed by atoms with Gasteiger partial charge in [0.05, 0.1) is 5.71 Å². The van der Waals surface area contributed by atoms with E-state index in [-0.39, 0.29) is 24.0 Å². The first-order valence-electron chi connectivity index (χ1n) is 1.98. The van der Waals surface area contributed by atoms with Crippen molar-refractivity contribution in [1.29, 1.82) is 0 Å². The van der Waals surface area contributed by atoms with Crippen molar-refractivity contribution in [3.63, 3.8) is 0 Å². The molecular weight excluding hydrogens is 205 g/mol. The van der Waals surface area contributed by atoms with E-state index >= 15 is 0 Å². The third-order valence-electron chi connectivity index (χ3n) is 0.682. The lowest BCUT2D eigenvalue weighted by Gasteiger charge is -1.81. The van der Waals surface area contributed by atoms with Crippen LogP contribution in [0.3, 0.4) is 0 Å². The molecule has 0 radical (unpaired) electrons. The third kappa shape index (κ3) is 6.20. The van der Waals surface area contributed by atoms with E-state index < -0.39 is 0 Å². The van der Waals surface area contributed by atoms with Crippen molar-refractivity contribution in [2.24, 2.45) is 5.16 Å². The molecule has 0 aliphatic rings. The predicted octanol–water partition coefficient (Wildman–Crippen LogP) is 1.86. The lowest BCUT2D eigenvalue weighted by atomic mass is 10.3. The Bertz CT molecular complexity index is 62.7. The van der Waals surface area contributed by atoms with E-state index in [0.29, 0.717) is 0 Å². The highest BCUT2D eigenvalue weighted by Crippen LogP contribution is 1.78. The van der Waals surface area contributed by atoms with Crippen molar-refractivity contribution in [3.8, 4) is 0 Å². The smallest absolute Gasteiger partial charge is 0.0537 e. The summed E-state index contributed by atoms with van der Waals surface area (Å²) in [5, 5.41) is 10.8. The molecule has 44 valence electrons. The largest absolute Gasteiger partial charge is 0.411 e. The van der Waals surface area contributed by atoms with Crippen LogP contribution in [-0.4, -0.2) is 10.9 Å². The van der Waals surface area contributed by atoms with Gasteiger partial charge in [0.25, 0.3) is 0 Å². The molecule has 0 aromatic heterocycles.